The lowest BCUT2D eigenvalue weighted by Crippen LogP contribution is -2.23. The van der Waals surface area contributed by atoms with Crippen LogP contribution < -0.4 is 0 Å². The highest BCUT2D eigenvalue weighted by Gasteiger charge is 2.32. The highest BCUT2D eigenvalue weighted by molar-refractivity contribution is 14.2. The van der Waals surface area contributed by atoms with Crippen LogP contribution in [0.25, 0.3) is 0 Å². The Hall–Kier alpha value is 1.62. The number of hydrogen-bond donors (Lipinski definition) is 1. The summed E-state index contributed by atoms with van der Waals surface area (Å²) in [6.45, 7) is 0. The normalized spacial score (nSPS) is 11.4. The average molecular weight is 454 g/mol. The van der Waals surface area contributed by atoms with Crippen LogP contribution in [0, 0.1) is 0 Å². The van der Waals surface area contributed by atoms with Gasteiger partial charge in [-0.15, -0.1) is 0 Å². The topological polar surface area (TPSA) is 46.5 Å². The lowest BCUT2D eigenvalue weighted by Gasteiger charge is -2.08. The zero-order chi connectivity index (χ0) is 6.78. The molecule has 3 nitrogen and oxygen atoms in total. The van der Waals surface area contributed by atoms with Gasteiger partial charge < -0.3 is 5.11 Å². The summed E-state index contributed by atoms with van der Waals surface area (Å²) in [7, 11) is 0. The summed E-state index contributed by atoms with van der Waals surface area (Å²) >= 11 is 4.92. The van der Waals surface area contributed by atoms with Gasteiger partial charge >= 0.3 is 5.97 Å². The maximum Gasteiger partial charge on any atom is 0.357 e. The number of rotatable bonds is 2. The molecule has 1 N–H and O–H groups in total. The van der Waals surface area contributed by atoms with Gasteiger partial charge in [0.15, 0.2) is 0 Å². The smallest absolute Gasteiger partial charge is 0.357 e. The Morgan fingerprint density at radius 2 is 2.00 bits per heavy atom. The SMILES string of the molecule is O=C(O)C(I)(I)OI. The van der Waals surface area contributed by atoms with Crippen molar-refractivity contribution in [2.24, 2.45) is 0 Å². The Kier molecular flexibility index (Phi) is 4.46. The molecule has 0 unspecified atom stereocenters. The summed E-state index contributed by atoms with van der Waals surface area (Å²) < 4.78 is 3.43. The molecule has 0 aromatic heterocycles. The molecule has 0 spiro atoms. The molecular weight excluding hydrogens is 453 g/mol. The number of aliphatic carboxylic acids is 1. The molecule has 6 heteroatoms. The molecule has 0 aliphatic rings. The number of alkyl halides is 2. The van der Waals surface area contributed by atoms with Crippen LogP contribution >= 0.6 is 68.2 Å². The Morgan fingerprint density at radius 3 is 2.00 bits per heavy atom. The van der Waals surface area contributed by atoms with Gasteiger partial charge in [0, 0.05) is 0 Å². The van der Waals surface area contributed by atoms with Crippen molar-refractivity contribution >= 4 is 74.2 Å². The molecule has 0 fully saturated rings. The van der Waals surface area contributed by atoms with Gasteiger partial charge in [-0.1, -0.05) is 0 Å². The molecular formula is C2HI3O3. The van der Waals surface area contributed by atoms with Crippen molar-refractivity contribution in [3.63, 3.8) is 0 Å². The van der Waals surface area contributed by atoms with Gasteiger partial charge in [-0.25, -0.2) is 4.79 Å². The second-order valence-corrected chi connectivity index (χ2v) is 6.44. The molecule has 48 valence electrons. The van der Waals surface area contributed by atoms with E-state index in [1.54, 1.807) is 68.2 Å². The Morgan fingerprint density at radius 1 is 1.62 bits per heavy atom. The van der Waals surface area contributed by atoms with E-state index in [1.807, 2.05) is 0 Å². The van der Waals surface area contributed by atoms with Crippen molar-refractivity contribution in [2.75, 3.05) is 0 Å². The van der Waals surface area contributed by atoms with Gasteiger partial charge in [-0.2, -0.15) is 0 Å². The molecule has 0 atom stereocenters. The van der Waals surface area contributed by atoms with Gasteiger partial charge in [0.2, 0.25) is 0 Å². The van der Waals surface area contributed by atoms with Crippen LogP contribution in [0.2, 0.25) is 0 Å². The second kappa shape index (κ2) is 3.71. The number of halogens is 3. The molecule has 8 heavy (non-hydrogen) atoms. The van der Waals surface area contributed by atoms with E-state index in [0.29, 0.717) is 0 Å². The van der Waals surface area contributed by atoms with Crippen molar-refractivity contribution in [2.45, 2.75) is 1.61 Å². The third-order valence-corrected chi connectivity index (χ3v) is 4.06. The molecule has 0 aromatic carbocycles. The van der Waals surface area contributed by atoms with Crippen LogP contribution in [-0.4, -0.2) is 12.7 Å². The van der Waals surface area contributed by atoms with E-state index in [2.05, 4.69) is 3.07 Å². The standard InChI is InChI=1S/C2HI3O3/c3-2(4,8-5)1(6)7/h(H,6,7). The first kappa shape index (κ1) is 9.62. The minimum atomic E-state index is -1.12. The summed E-state index contributed by atoms with van der Waals surface area (Å²) in [4.78, 5) is 10.1. The summed E-state index contributed by atoms with van der Waals surface area (Å²) in [6, 6.07) is 0. The van der Waals surface area contributed by atoms with E-state index in [9.17, 15) is 4.79 Å². The van der Waals surface area contributed by atoms with Crippen molar-refractivity contribution in [3.05, 3.63) is 0 Å². The van der Waals surface area contributed by atoms with Crippen molar-refractivity contribution in [1.82, 2.24) is 0 Å². The Balaban J connectivity index is 3.91. The molecule has 0 rings (SSSR count). The average Bonchev–Trinajstić information content (AvgIpc) is 1.67. The first-order valence-electron chi connectivity index (χ1n) is 1.41. The van der Waals surface area contributed by atoms with Crippen molar-refractivity contribution < 1.29 is 13.0 Å². The van der Waals surface area contributed by atoms with Crippen LogP contribution in [0.4, 0.5) is 0 Å². The van der Waals surface area contributed by atoms with Gasteiger partial charge in [0.25, 0.3) is 1.61 Å². The summed E-state index contributed by atoms with van der Waals surface area (Å²) in [6.07, 6.45) is 0. The molecule has 0 radical (unpaired) electrons. The zero-order valence-corrected chi connectivity index (χ0v) is 9.87. The van der Waals surface area contributed by atoms with E-state index in [0.717, 1.165) is 0 Å². The third kappa shape index (κ3) is 2.96. The zero-order valence-electron chi connectivity index (χ0n) is 3.40. The second-order valence-electron chi connectivity index (χ2n) is 0.899. The minimum Gasteiger partial charge on any atom is -0.478 e. The molecule has 0 bridgehead atoms. The largest absolute Gasteiger partial charge is 0.478 e. The molecule has 0 saturated carbocycles. The van der Waals surface area contributed by atoms with Crippen molar-refractivity contribution in [3.8, 4) is 0 Å². The lowest BCUT2D eigenvalue weighted by molar-refractivity contribution is -0.140. The number of carbonyl (C=O) groups is 1. The van der Waals surface area contributed by atoms with Crippen molar-refractivity contribution in [1.29, 1.82) is 0 Å². The molecule has 0 aromatic rings. The maximum absolute atomic E-state index is 10.1. The van der Waals surface area contributed by atoms with E-state index >= 15 is 0 Å². The number of carboxylic acid groups (broad SMARTS) is 1. The molecule has 0 saturated heterocycles. The molecule has 0 amide bonds. The third-order valence-electron chi connectivity index (χ3n) is 0.346. The Labute approximate surface area is 87.5 Å². The van der Waals surface area contributed by atoms with Gasteiger partial charge in [-0.05, 0) is 45.2 Å². The van der Waals surface area contributed by atoms with Crippen LogP contribution in [-0.2, 0) is 7.86 Å². The van der Waals surface area contributed by atoms with E-state index in [4.69, 9.17) is 5.11 Å². The summed E-state index contributed by atoms with van der Waals surface area (Å²) in [5.74, 6) is -0.979. The molecule has 0 aliphatic heterocycles. The fourth-order valence-electron chi connectivity index (χ4n) is 0.0330. The Bertz CT molecular complexity index is 101. The molecule has 0 heterocycles. The first-order chi connectivity index (χ1) is 3.50. The quantitative estimate of drug-likeness (QED) is 0.514. The highest BCUT2D eigenvalue weighted by atomic mass is 127. The van der Waals surface area contributed by atoms with Gasteiger partial charge in [0.1, 0.15) is 23.0 Å². The first-order valence-corrected chi connectivity index (χ1v) is 4.45. The maximum atomic E-state index is 10.1. The fourth-order valence-corrected chi connectivity index (χ4v) is 0.221. The van der Waals surface area contributed by atoms with Gasteiger partial charge in [-0.3, -0.25) is 3.07 Å². The van der Waals surface area contributed by atoms with E-state index in [-0.39, 0.29) is 0 Å². The van der Waals surface area contributed by atoms with E-state index in [1.165, 1.54) is 0 Å². The summed E-state index contributed by atoms with van der Waals surface area (Å²) in [5.41, 5.74) is 0. The number of carboxylic acids is 1. The van der Waals surface area contributed by atoms with Crippen LogP contribution in [0.3, 0.4) is 0 Å². The summed E-state index contributed by atoms with van der Waals surface area (Å²) in [5, 5.41) is 8.30. The van der Waals surface area contributed by atoms with Crippen LogP contribution in [0.15, 0.2) is 0 Å². The fraction of sp³-hybridized carbons (Fsp3) is 0.500. The highest BCUT2D eigenvalue weighted by Crippen LogP contribution is 2.31. The predicted octanol–water partition coefficient (Wildman–Crippen LogP) is 1.96. The van der Waals surface area contributed by atoms with E-state index < -0.39 is 7.58 Å². The van der Waals surface area contributed by atoms with Crippen LogP contribution in [0.5, 0.6) is 0 Å². The predicted molar refractivity (Wildman–Crippen MR) is 53.5 cm³/mol. The van der Waals surface area contributed by atoms with Gasteiger partial charge in [0.05, 0.1) is 0 Å². The van der Waals surface area contributed by atoms with Crippen LogP contribution in [0.1, 0.15) is 0 Å². The number of hydrogen-bond acceptors (Lipinski definition) is 2. The molecule has 0 aliphatic carbocycles. The minimum absolute atomic E-state index is 0.979. The lowest BCUT2D eigenvalue weighted by atomic mass is 10.8. The monoisotopic (exact) mass is 454 g/mol.